The van der Waals surface area contributed by atoms with E-state index in [4.69, 9.17) is 4.98 Å². The smallest absolute Gasteiger partial charge is 0.248 e. The fourth-order valence-electron chi connectivity index (χ4n) is 15.4. The first-order valence-electron chi connectivity index (χ1n) is 33.8. The fraction of sp³-hybridized carbons (Fsp3) is 0.536. The number of aryl methyl sites for hydroxylation is 5. The third-order valence-electron chi connectivity index (χ3n) is 20.4. The van der Waals surface area contributed by atoms with Gasteiger partial charge in [-0.15, -0.1) is 0 Å². The van der Waals surface area contributed by atoms with Crippen molar-refractivity contribution in [3.05, 3.63) is 182 Å². The number of benzene rings is 7. The van der Waals surface area contributed by atoms with E-state index in [1.807, 2.05) is 0 Å². The molecule has 8 aromatic rings. The predicted octanol–water partition coefficient (Wildman–Crippen LogP) is 25.8. The van der Waals surface area contributed by atoms with Gasteiger partial charge in [0.05, 0.1) is 5.52 Å². The van der Waals surface area contributed by atoms with Crippen LogP contribution in [0.1, 0.15) is 291 Å². The number of rotatable bonds is 3. The lowest BCUT2D eigenvalue weighted by Gasteiger charge is -2.36. The lowest BCUT2D eigenvalue weighted by molar-refractivity contribution is -0.0381. The molecule has 11 rings (SSSR count). The van der Waals surface area contributed by atoms with Crippen LogP contribution in [-0.4, -0.2) is 10.9 Å². The molecule has 0 bridgehead atoms. The van der Waals surface area contributed by atoms with Gasteiger partial charge in [-0.25, -0.2) is 8.78 Å². The van der Waals surface area contributed by atoms with Crippen molar-refractivity contribution in [2.75, 3.05) is 0 Å². The van der Waals surface area contributed by atoms with E-state index in [2.05, 4.69) is 262 Å². The first-order valence-corrected chi connectivity index (χ1v) is 33.8. The molecule has 7 aromatic carbocycles. The Bertz CT molecular complexity index is 3560. The van der Waals surface area contributed by atoms with E-state index in [9.17, 15) is 8.78 Å². The Morgan fingerprint density at radius 3 is 0.989 bits per heavy atom. The zero-order chi connectivity index (χ0) is 64.0. The minimum Gasteiger partial charge on any atom is -0.253 e. The minimum absolute atomic E-state index is 0.0186. The molecule has 3 fully saturated rings. The Hall–Kier alpha value is -5.41. The largest absolute Gasteiger partial charge is 0.253 e. The highest BCUT2D eigenvalue weighted by atomic mass is 19.3. The van der Waals surface area contributed by atoms with E-state index in [0.29, 0.717) is 18.3 Å². The molecule has 3 saturated carbocycles. The van der Waals surface area contributed by atoms with Gasteiger partial charge in [0.2, 0.25) is 5.92 Å². The number of fused-ring (bicyclic) bond motifs is 4. The summed E-state index contributed by atoms with van der Waals surface area (Å²) >= 11 is 0. The number of aromatic nitrogens is 1. The molecule has 0 spiro atoms. The number of hydrogen-bond donors (Lipinski definition) is 0. The monoisotopic (exact) mass is 1170 g/mol. The highest BCUT2D eigenvalue weighted by Crippen LogP contribution is 2.48. The zero-order valence-electron chi connectivity index (χ0n) is 58.5. The van der Waals surface area contributed by atoms with E-state index < -0.39 is 5.92 Å². The van der Waals surface area contributed by atoms with Crippen molar-refractivity contribution in [1.29, 1.82) is 0 Å². The molecule has 0 radical (unpaired) electrons. The van der Waals surface area contributed by atoms with Crippen LogP contribution < -0.4 is 0 Å². The van der Waals surface area contributed by atoms with Crippen LogP contribution in [0.2, 0.25) is 0 Å². The lowest BCUT2D eigenvalue weighted by atomic mass is 9.69. The normalized spacial score (nSPS) is 17.3. The van der Waals surface area contributed by atoms with Crippen molar-refractivity contribution < 1.29 is 8.78 Å². The van der Waals surface area contributed by atoms with Crippen LogP contribution in [0.4, 0.5) is 8.78 Å². The second-order valence-electron chi connectivity index (χ2n) is 33.2. The Kier molecular flexibility index (Phi) is 20.0. The van der Waals surface area contributed by atoms with Gasteiger partial charge in [-0.05, 0) is 241 Å². The first kappa shape index (κ1) is 67.5. The summed E-state index contributed by atoms with van der Waals surface area (Å²) in [6.45, 7) is 50.3. The average Bonchev–Trinajstić information content (AvgIpc) is 1.54. The van der Waals surface area contributed by atoms with Gasteiger partial charge in [-0.3, -0.25) is 4.98 Å². The van der Waals surface area contributed by atoms with Gasteiger partial charge >= 0.3 is 0 Å². The van der Waals surface area contributed by atoms with E-state index >= 15 is 0 Å². The molecule has 1 aromatic heterocycles. The number of nitrogens with zero attached hydrogens (tertiary/aromatic N) is 1. The van der Waals surface area contributed by atoms with Crippen molar-refractivity contribution in [2.24, 2.45) is 5.41 Å². The van der Waals surface area contributed by atoms with Crippen molar-refractivity contribution >= 4 is 43.2 Å². The van der Waals surface area contributed by atoms with E-state index in [1.165, 1.54) is 157 Å². The third kappa shape index (κ3) is 15.6. The summed E-state index contributed by atoms with van der Waals surface area (Å²) in [5.74, 6) is -0.717. The highest BCUT2D eigenvalue weighted by Gasteiger charge is 2.37. The van der Waals surface area contributed by atoms with Crippen LogP contribution >= 0.6 is 0 Å². The van der Waals surface area contributed by atoms with Crippen LogP contribution in [0, 0.1) is 40.0 Å². The summed E-state index contributed by atoms with van der Waals surface area (Å²) in [7, 11) is 0. The maximum absolute atomic E-state index is 13.5. The molecule has 3 aliphatic carbocycles. The topological polar surface area (TPSA) is 12.9 Å². The van der Waals surface area contributed by atoms with Crippen molar-refractivity contribution in [1.82, 2.24) is 4.98 Å². The summed E-state index contributed by atoms with van der Waals surface area (Å²) in [5.41, 5.74) is 20.8. The molecule has 0 aliphatic heterocycles. The molecule has 0 amide bonds. The first-order chi connectivity index (χ1) is 40.4. The van der Waals surface area contributed by atoms with Crippen LogP contribution in [0.25, 0.3) is 43.2 Å². The molecule has 3 aliphatic rings. The number of halogens is 2. The second kappa shape index (κ2) is 25.8. The molecule has 87 heavy (non-hydrogen) atoms. The van der Waals surface area contributed by atoms with Gasteiger partial charge in [0.15, 0.2) is 0 Å². The minimum atomic E-state index is -2.47. The van der Waals surface area contributed by atoms with Gasteiger partial charge < -0.3 is 0 Å². The molecule has 468 valence electrons. The number of hydrogen-bond acceptors (Lipinski definition) is 1. The Morgan fingerprint density at radius 1 is 0.345 bits per heavy atom. The Morgan fingerprint density at radius 2 is 0.644 bits per heavy atom. The van der Waals surface area contributed by atoms with Crippen molar-refractivity contribution in [3.8, 4) is 0 Å². The van der Waals surface area contributed by atoms with Gasteiger partial charge in [0.25, 0.3) is 0 Å². The van der Waals surface area contributed by atoms with Crippen LogP contribution in [-0.2, 0) is 27.1 Å². The van der Waals surface area contributed by atoms with Gasteiger partial charge in [0.1, 0.15) is 0 Å². The number of pyridine rings is 1. The zero-order valence-corrected chi connectivity index (χ0v) is 58.5. The second-order valence-corrected chi connectivity index (χ2v) is 33.2. The molecular formula is C84H113F2N. The quantitative estimate of drug-likeness (QED) is 0.172. The van der Waals surface area contributed by atoms with Gasteiger partial charge in [-0.2, -0.15) is 0 Å². The summed E-state index contributed by atoms with van der Waals surface area (Å²) in [6, 6.07) is 40.6. The predicted molar refractivity (Wildman–Crippen MR) is 378 cm³/mol. The fourth-order valence-corrected chi connectivity index (χ4v) is 15.4. The highest BCUT2D eigenvalue weighted by molar-refractivity contribution is 5.93. The van der Waals surface area contributed by atoms with Crippen molar-refractivity contribution in [2.45, 2.75) is 287 Å². The molecule has 1 heterocycles. The van der Waals surface area contributed by atoms with E-state index in [-0.39, 0.29) is 45.8 Å². The average molecular weight is 1170 g/mol. The Labute approximate surface area is 527 Å². The molecule has 0 N–H and O–H groups in total. The summed E-state index contributed by atoms with van der Waals surface area (Å²) < 4.78 is 27.1. The molecule has 0 unspecified atom stereocenters. The molecule has 0 saturated heterocycles. The van der Waals surface area contributed by atoms with E-state index in [1.54, 1.807) is 11.1 Å². The van der Waals surface area contributed by atoms with Crippen molar-refractivity contribution in [3.63, 3.8) is 0 Å². The summed E-state index contributed by atoms with van der Waals surface area (Å²) in [6.07, 6.45) is 13.6. The maximum atomic E-state index is 13.5. The lowest BCUT2D eigenvalue weighted by Crippen LogP contribution is -2.24. The SMILES string of the molecule is Cc1c(C(C)(C)C)cc(C2CCC(C)(C)CC2)c2ccccc12.Cc1c(C(C)(C)C)cc(C2CCC(F)(F)CC2)c2ccccc12.Cc1c(C(C)(C)C)cc(C2CCCCC2)c2ccccc12.Cc1ccc2c(C)c(C(C)(C)C)cc(C(C)(C)C)c2n1. The maximum Gasteiger partial charge on any atom is 0.248 e. The van der Waals surface area contributed by atoms with E-state index in [0.717, 1.165) is 17.5 Å². The van der Waals surface area contributed by atoms with Crippen LogP contribution in [0.5, 0.6) is 0 Å². The standard InChI is InChI=1S/C23H32.C21H26F2.C21H28.C19H27N/c1-16-18-9-7-8-10-19(18)20(15-21(16)22(2,3)4)17-11-13-23(5,6)14-12-17;1-14-16-7-5-6-8-17(16)18(13-19(14)20(2,3)4)15-9-11-21(22,23)12-10-15;1-15-17-12-8-9-13-18(17)19(14-20(15)21(2,3)4)16-10-6-5-7-11-16;1-12-9-10-14-13(2)15(18(3,4)5)11-16(17(14)20-12)19(6,7)8/h7-10,15,17H,11-14H2,1-6H3;5-8,13,15H,9-12H2,1-4H3;8-9,12-14,16H,5-7,10-11H2,1-4H3;9-11H,1-8H3. The summed E-state index contributed by atoms with van der Waals surface area (Å²) in [4.78, 5) is 4.83. The Balaban J connectivity index is 0.000000151. The van der Waals surface area contributed by atoms with Gasteiger partial charge in [0, 0.05) is 23.9 Å². The number of alkyl halides is 2. The van der Waals surface area contributed by atoms with Crippen LogP contribution in [0.15, 0.2) is 109 Å². The molecular weight excluding hydrogens is 1060 g/mol. The van der Waals surface area contributed by atoms with Gasteiger partial charge in [-0.1, -0.05) is 240 Å². The molecule has 3 heteroatoms. The van der Waals surface area contributed by atoms with Crippen LogP contribution in [0.3, 0.4) is 0 Å². The summed E-state index contributed by atoms with van der Waals surface area (Å²) in [5, 5.41) is 9.72. The molecule has 1 nitrogen and oxygen atoms in total. The third-order valence-corrected chi connectivity index (χ3v) is 20.4. The molecule has 0 atom stereocenters.